The lowest BCUT2D eigenvalue weighted by atomic mass is 10.1. The lowest BCUT2D eigenvalue weighted by molar-refractivity contribution is -0.138. The van der Waals surface area contributed by atoms with Gasteiger partial charge in [0.15, 0.2) is 0 Å². The zero-order chi connectivity index (χ0) is 19.3. The molecule has 1 aliphatic rings. The van der Waals surface area contributed by atoms with E-state index in [0.29, 0.717) is 37.2 Å². The summed E-state index contributed by atoms with van der Waals surface area (Å²) >= 11 is 0. The normalized spacial score (nSPS) is 19.4. The summed E-state index contributed by atoms with van der Waals surface area (Å²) < 4.78 is 5.30. The largest absolute Gasteiger partial charge is 0.481 e. The second kappa shape index (κ2) is 8.80. The number of carbonyl (C=O) groups excluding carboxylic acids is 2. The summed E-state index contributed by atoms with van der Waals surface area (Å²) in [5, 5.41) is 9.08. The van der Waals surface area contributed by atoms with Crippen molar-refractivity contribution in [3.63, 3.8) is 0 Å². The molecule has 1 saturated heterocycles. The quantitative estimate of drug-likeness (QED) is 0.800. The van der Waals surface area contributed by atoms with Gasteiger partial charge in [-0.05, 0) is 44.5 Å². The maximum atomic E-state index is 12.8. The number of amides is 2. The number of ether oxygens (including phenoxy) is 1. The molecule has 0 aromatic heterocycles. The van der Waals surface area contributed by atoms with Crippen LogP contribution >= 0.6 is 0 Å². The van der Waals surface area contributed by atoms with Gasteiger partial charge in [-0.1, -0.05) is 0 Å². The molecule has 26 heavy (non-hydrogen) atoms. The third kappa shape index (κ3) is 4.40. The first-order valence-corrected chi connectivity index (χ1v) is 8.86. The fraction of sp³-hybridized carbons (Fsp3) is 0.526. The van der Waals surface area contributed by atoms with Crippen LogP contribution in [0.3, 0.4) is 0 Å². The Bertz CT molecular complexity index is 654. The lowest BCUT2D eigenvalue weighted by Crippen LogP contribution is -2.37. The van der Waals surface area contributed by atoms with Crippen LogP contribution in [0, 0.1) is 0 Å². The zero-order valence-corrected chi connectivity index (χ0v) is 15.5. The van der Waals surface area contributed by atoms with Gasteiger partial charge in [0, 0.05) is 43.9 Å². The molecule has 1 N–H and O–H groups in total. The van der Waals surface area contributed by atoms with E-state index < -0.39 is 5.97 Å². The van der Waals surface area contributed by atoms with E-state index in [2.05, 4.69) is 0 Å². The van der Waals surface area contributed by atoms with Crippen molar-refractivity contribution < 1.29 is 24.2 Å². The zero-order valence-electron chi connectivity index (χ0n) is 15.5. The SMILES string of the molecule is CCN(CC)C(=O)c1ccc(C(=O)N2CC(OC)CC2CC(=O)O)cc1. The number of rotatable bonds is 7. The monoisotopic (exact) mass is 362 g/mol. The molecule has 1 aliphatic heterocycles. The van der Waals surface area contributed by atoms with Crippen molar-refractivity contribution in [3.05, 3.63) is 35.4 Å². The average Bonchev–Trinajstić information content (AvgIpc) is 3.04. The highest BCUT2D eigenvalue weighted by atomic mass is 16.5. The summed E-state index contributed by atoms with van der Waals surface area (Å²) in [6.07, 6.45) is 0.240. The summed E-state index contributed by atoms with van der Waals surface area (Å²) in [5.74, 6) is -1.25. The molecule has 1 heterocycles. The Balaban J connectivity index is 2.15. The van der Waals surface area contributed by atoms with Gasteiger partial charge in [-0.2, -0.15) is 0 Å². The number of carbonyl (C=O) groups is 3. The van der Waals surface area contributed by atoms with Crippen LogP contribution in [-0.2, 0) is 9.53 Å². The van der Waals surface area contributed by atoms with Gasteiger partial charge >= 0.3 is 5.97 Å². The van der Waals surface area contributed by atoms with Gasteiger partial charge in [0.2, 0.25) is 0 Å². The minimum Gasteiger partial charge on any atom is -0.481 e. The van der Waals surface area contributed by atoms with E-state index in [0.717, 1.165) is 0 Å². The van der Waals surface area contributed by atoms with Gasteiger partial charge in [-0.15, -0.1) is 0 Å². The van der Waals surface area contributed by atoms with Gasteiger partial charge in [0.1, 0.15) is 0 Å². The standard InChI is InChI=1S/C19H26N2O5/c1-4-20(5-2)18(24)13-6-8-14(9-7-13)19(25)21-12-16(26-3)10-15(21)11-17(22)23/h6-9,15-16H,4-5,10-12H2,1-3H3,(H,22,23). The molecule has 2 rings (SSSR count). The van der Waals surface area contributed by atoms with Gasteiger partial charge in [-0.25, -0.2) is 0 Å². The molecule has 0 radical (unpaired) electrons. The summed E-state index contributed by atoms with van der Waals surface area (Å²) in [6, 6.07) is 6.14. The molecule has 2 amide bonds. The molecule has 2 unspecified atom stereocenters. The van der Waals surface area contributed by atoms with Crippen molar-refractivity contribution in [2.24, 2.45) is 0 Å². The van der Waals surface area contributed by atoms with E-state index in [1.54, 1.807) is 41.2 Å². The molecule has 1 fully saturated rings. The van der Waals surface area contributed by atoms with Crippen molar-refractivity contribution in [2.45, 2.75) is 38.8 Å². The summed E-state index contributed by atoms with van der Waals surface area (Å²) in [4.78, 5) is 39.5. The second-order valence-corrected chi connectivity index (χ2v) is 6.36. The number of benzene rings is 1. The average molecular weight is 362 g/mol. The third-order valence-corrected chi connectivity index (χ3v) is 4.81. The van der Waals surface area contributed by atoms with E-state index in [1.807, 2.05) is 13.8 Å². The van der Waals surface area contributed by atoms with Gasteiger partial charge in [0.25, 0.3) is 11.8 Å². The molecular formula is C19H26N2O5. The predicted octanol–water partition coefficient (Wildman–Crippen LogP) is 1.87. The summed E-state index contributed by atoms with van der Waals surface area (Å²) in [6.45, 7) is 5.45. The van der Waals surface area contributed by atoms with Crippen molar-refractivity contribution in [2.75, 3.05) is 26.7 Å². The fourth-order valence-corrected chi connectivity index (χ4v) is 3.30. The summed E-state index contributed by atoms with van der Waals surface area (Å²) in [5.41, 5.74) is 0.969. The van der Waals surface area contributed by atoms with Crippen molar-refractivity contribution in [3.8, 4) is 0 Å². The molecule has 0 bridgehead atoms. The Kier molecular flexibility index (Phi) is 6.74. The highest BCUT2D eigenvalue weighted by molar-refractivity contribution is 5.98. The van der Waals surface area contributed by atoms with E-state index >= 15 is 0 Å². The van der Waals surface area contributed by atoms with Crippen LogP contribution in [0.25, 0.3) is 0 Å². The molecule has 1 aromatic carbocycles. The number of likely N-dealkylation sites (tertiary alicyclic amines) is 1. The molecule has 0 aliphatic carbocycles. The molecule has 2 atom stereocenters. The van der Waals surface area contributed by atoms with Gasteiger partial charge in [0.05, 0.1) is 12.5 Å². The first kappa shape index (κ1) is 19.9. The minimum absolute atomic E-state index is 0.0710. The van der Waals surface area contributed by atoms with E-state index in [9.17, 15) is 14.4 Å². The smallest absolute Gasteiger partial charge is 0.305 e. The van der Waals surface area contributed by atoms with Crippen LogP contribution in [0.4, 0.5) is 0 Å². The fourth-order valence-electron chi connectivity index (χ4n) is 3.30. The number of hydrogen-bond acceptors (Lipinski definition) is 4. The molecule has 0 saturated carbocycles. The highest BCUT2D eigenvalue weighted by Crippen LogP contribution is 2.25. The first-order valence-electron chi connectivity index (χ1n) is 8.86. The van der Waals surface area contributed by atoms with Crippen molar-refractivity contribution >= 4 is 17.8 Å². The van der Waals surface area contributed by atoms with Crippen LogP contribution in [0.1, 0.15) is 47.4 Å². The van der Waals surface area contributed by atoms with E-state index in [-0.39, 0.29) is 30.4 Å². The van der Waals surface area contributed by atoms with Crippen LogP contribution in [0.2, 0.25) is 0 Å². The van der Waals surface area contributed by atoms with E-state index in [1.165, 1.54) is 0 Å². The molecule has 7 nitrogen and oxygen atoms in total. The second-order valence-electron chi connectivity index (χ2n) is 6.36. The molecule has 142 valence electrons. The van der Waals surface area contributed by atoms with Gasteiger partial charge < -0.3 is 19.6 Å². The summed E-state index contributed by atoms with van der Waals surface area (Å²) in [7, 11) is 1.56. The first-order chi connectivity index (χ1) is 12.4. The minimum atomic E-state index is -0.940. The number of carboxylic acid groups (broad SMARTS) is 1. The Morgan fingerprint density at radius 2 is 1.73 bits per heavy atom. The number of aliphatic carboxylic acids is 1. The Morgan fingerprint density at radius 1 is 1.15 bits per heavy atom. The number of methoxy groups -OCH3 is 1. The number of nitrogens with zero attached hydrogens (tertiary/aromatic N) is 2. The molecular weight excluding hydrogens is 336 g/mol. The third-order valence-electron chi connectivity index (χ3n) is 4.81. The predicted molar refractivity (Wildman–Crippen MR) is 96.2 cm³/mol. The molecule has 7 heteroatoms. The van der Waals surface area contributed by atoms with Crippen LogP contribution in [0.5, 0.6) is 0 Å². The van der Waals surface area contributed by atoms with Crippen LogP contribution < -0.4 is 0 Å². The van der Waals surface area contributed by atoms with Crippen molar-refractivity contribution in [1.82, 2.24) is 9.80 Å². The molecule has 0 spiro atoms. The van der Waals surface area contributed by atoms with Crippen LogP contribution in [-0.4, -0.2) is 71.6 Å². The Hall–Kier alpha value is -2.41. The van der Waals surface area contributed by atoms with Gasteiger partial charge in [-0.3, -0.25) is 14.4 Å². The molecule has 1 aromatic rings. The topological polar surface area (TPSA) is 87.2 Å². The Morgan fingerprint density at radius 3 is 2.23 bits per heavy atom. The highest BCUT2D eigenvalue weighted by Gasteiger charge is 2.36. The number of hydrogen-bond donors (Lipinski definition) is 1. The maximum Gasteiger partial charge on any atom is 0.305 e. The Labute approximate surface area is 153 Å². The number of carboxylic acids is 1. The lowest BCUT2D eigenvalue weighted by Gasteiger charge is -2.23. The van der Waals surface area contributed by atoms with E-state index in [4.69, 9.17) is 9.84 Å². The van der Waals surface area contributed by atoms with Crippen LogP contribution in [0.15, 0.2) is 24.3 Å². The maximum absolute atomic E-state index is 12.8. The van der Waals surface area contributed by atoms with Crippen molar-refractivity contribution in [1.29, 1.82) is 0 Å².